The summed E-state index contributed by atoms with van der Waals surface area (Å²) in [6.07, 6.45) is 0.566. The van der Waals surface area contributed by atoms with Gasteiger partial charge in [0.25, 0.3) is 0 Å². The highest BCUT2D eigenvalue weighted by atomic mass is 16.5. The lowest BCUT2D eigenvalue weighted by atomic mass is 10.0. The van der Waals surface area contributed by atoms with Crippen LogP contribution in [0.2, 0.25) is 0 Å². The van der Waals surface area contributed by atoms with Crippen LogP contribution in [-0.2, 0) is 11.2 Å². The van der Waals surface area contributed by atoms with Gasteiger partial charge in [-0.05, 0) is 30.0 Å². The van der Waals surface area contributed by atoms with Crippen molar-refractivity contribution in [3.63, 3.8) is 0 Å². The van der Waals surface area contributed by atoms with E-state index in [9.17, 15) is 9.90 Å². The van der Waals surface area contributed by atoms with Crippen LogP contribution < -0.4 is 10.1 Å². The normalized spacial score (nSPS) is 14.1. The van der Waals surface area contributed by atoms with Gasteiger partial charge < -0.3 is 14.9 Å². The Labute approximate surface area is 119 Å². The second-order valence-corrected chi connectivity index (χ2v) is 5.16. The van der Waals surface area contributed by atoms with E-state index in [0.717, 1.165) is 11.3 Å². The molecule has 0 aliphatic heterocycles. The first-order chi connectivity index (χ1) is 9.47. The number of aliphatic carboxylic acids is 1. The van der Waals surface area contributed by atoms with Gasteiger partial charge in [0.2, 0.25) is 0 Å². The maximum Gasteiger partial charge on any atom is 0.320 e. The number of carboxylic acids is 1. The van der Waals surface area contributed by atoms with Crippen LogP contribution in [0.3, 0.4) is 0 Å². The van der Waals surface area contributed by atoms with Crippen molar-refractivity contribution in [3.8, 4) is 5.75 Å². The molecular formula is C15H23NO4. The number of ether oxygens (including phenoxy) is 1. The molecule has 0 aliphatic carbocycles. The number of benzene rings is 1. The minimum Gasteiger partial charge on any atom is -0.497 e. The monoisotopic (exact) mass is 281 g/mol. The molecule has 0 aliphatic rings. The first-order valence-electron chi connectivity index (χ1n) is 6.70. The zero-order valence-corrected chi connectivity index (χ0v) is 12.2. The molecule has 0 radical (unpaired) electrons. The SMILES string of the molecule is COc1ccc(CC(CO)NC(C(=O)O)C(C)C)cc1. The van der Waals surface area contributed by atoms with Gasteiger partial charge in [-0.15, -0.1) is 0 Å². The Morgan fingerprint density at radius 3 is 2.30 bits per heavy atom. The van der Waals surface area contributed by atoms with Crippen LogP contribution in [0.5, 0.6) is 5.75 Å². The Hall–Kier alpha value is -1.59. The fourth-order valence-corrected chi connectivity index (χ4v) is 2.03. The van der Waals surface area contributed by atoms with Crippen LogP contribution in [0.1, 0.15) is 19.4 Å². The smallest absolute Gasteiger partial charge is 0.320 e. The quantitative estimate of drug-likeness (QED) is 0.669. The predicted octanol–water partition coefficient (Wildman–Crippen LogP) is 1.30. The van der Waals surface area contributed by atoms with E-state index >= 15 is 0 Å². The van der Waals surface area contributed by atoms with Crippen molar-refractivity contribution in [3.05, 3.63) is 29.8 Å². The van der Waals surface area contributed by atoms with Gasteiger partial charge in [-0.2, -0.15) is 0 Å². The standard InChI is InChI=1S/C15H23NO4/c1-10(2)14(15(18)19)16-12(9-17)8-11-4-6-13(20-3)7-5-11/h4-7,10,12,14,16-17H,8-9H2,1-3H3,(H,18,19). The Morgan fingerprint density at radius 2 is 1.90 bits per heavy atom. The Kier molecular flexibility index (Phi) is 6.48. The summed E-state index contributed by atoms with van der Waals surface area (Å²) in [7, 11) is 1.60. The largest absolute Gasteiger partial charge is 0.497 e. The van der Waals surface area contributed by atoms with Crippen LogP contribution >= 0.6 is 0 Å². The molecule has 2 atom stereocenters. The van der Waals surface area contributed by atoms with Crippen molar-refractivity contribution < 1.29 is 19.7 Å². The molecule has 0 fully saturated rings. The molecule has 20 heavy (non-hydrogen) atoms. The van der Waals surface area contributed by atoms with E-state index in [1.54, 1.807) is 7.11 Å². The summed E-state index contributed by atoms with van der Waals surface area (Å²) < 4.78 is 5.09. The number of carbonyl (C=O) groups is 1. The highest BCUT2D eigenvalue weighted by Crippen LogP contribution is 2.13. The number of aliphatic hydroxyl groups is 1. The lowest BCUT2D eigenvalue weighted by Gasteiger charge is -2.24. The minimum absolute atomic E-state index is 0.0441. The number of carboxylic acid groups (broad SMARTS) is 1. The topological polar surface area (TPSA) is 78.8 Å². The molecule has 0 amide bonds. The summed E-state index contributed by atoms with van der Waals surface area (Å²) in [5, 5.41) is 21.6. The van der Waals surface area contributed by atoms with Crippen LogP contribution in [0.25, 0.3) is 0 Å². The molecule has 0 saturated heterocycles. The predicted molar refractivity (Wildman–Crippen MR) is 77.0 cm³/mol. The molecule has 0 bridgehead atoms. The number of hydrogen-bond acceptors (Lipinski definition) is 4. The van der Waals surface area contributed by atoms with Crippen molar-refractivity contribution >= 4 is 5.97 Å². The van der Waals surface area contributed by atoms with E-state index in [1.165, 1.54) is 0 Å². The van der Waals surface area contributed by atoms with Crippen molar-refractivity contribution in [2.24, 2.45) is 5.92 Å². The Bertz CT molecular complexity index is 416. The van der Waals surface area contributed by atoms with Crippen molar-refractivity contribution in [1.29, 1.82) is 0 Å². The van der Waals surface area contributed by atoms with Crippen LogP contribution in [-0.4, -0.2) is 42.0 Å². The highest BCUT2D eigenvalue weighted by Gasteiger charge is 2.24. The summed E-state index contributed by atoms with van der Waals surface area (Å²) >= 11 is 0. The fraction of sp³-hybridized carbons (Fsp3) is 0.533. The van der Waals surface area contributed by atoms with Crippen LogP contribution in [0.4, 0.5) is 0 Å². The summed E-state index contributed by atoms with van der Waals surface area (Å²) in [4.78, 5) is 11.2. The Balaban J connectivity index is 2.68. The van der Waals surface area contributed by atoms with Gasteiger partial charge in [-0.25, -0.2) is 0 Å². The summed E-state index contributed by atoms with van der Waals surface area (Å²) in [6.45, 7) is 3.57. The van der Waals surface area contributed by atoms with Gasteiger partial charge in [0.1, 0.15) is 11.8 Å². The molecule has 1 aromatic carbocycles. The van der Waals surface area contributed by atoms with Gasteiger partial charge in [0, 0.05) is 6.04 Å². The average molecular weight is 281 g/mol. The van der Waals surface area contributed by atoms with Crippen LogP contribution in [0.15, 0.2) is 24.3 Å². The minimum atomic E-state index is -0.895. The van der Waals surface area contributed by atoms with E-state index in [2.05, 4.69) is 5.32 Å². The number of rotatable bonds is 8. The third-order valence-corrected chi connectivity index (χ3v) is 3.21. The molecule has 112 valence electrons. The average Bonchev–Trinajstić information content (AvgIpc) is 2.43. The molecule has 5 heteroatoms. The highest BCUT2D eigenvalue weighted by molar-refractivity contribution is 5.73. The molecule has 5 nitrogen and oxygen atoms in total. The number of nitrogens with one attached hydrogen (secondary N) is 1. The molecule has 2 unspecified atom stereocenters. The van der Waals surface area contributed by atoms with Gasteiger partial charge in [-0.3, -0.25) is 10.1 Å². The van der Waals surface area contributed by atoms with E-state index < -0.39 is 12.0 Å². The molecule has 1 rings (SSSR count). The van der Waals surface area contributed by atoms with Crippen LogP contribution in [0, 0.1) is 5.92 Å². The lowest BCUT2D eigenvalue weighted by molar-refractivity contribution is -0.141. The molecular weight excluding hydrogens is 258 g/mol. The number of aliphatic hydroxyl groups excluding tert-OH is 1. The first kappa shape index (κ1) is 16.5. The molecule has 0 spiro atoms. The third kappa shape index (κ3) is 4.83. The number of methoxy groups -OCH3 is 1. The Morgan fingerprint density at radius 1 is 1.30 bits per heavy atom. The zero-order chi connectivity index (χ0) is 15.1. The van der Waals surface area contributed by atoms with Crippen molar-refractivity contribution in [2.75, 3.05) is 13.7 Å². The maximum atomic E-state index is 11.2. The third-order valence-electron chi connectivity index (χ3n) is 3.21. The molecule has 0 saturated carbocycles. The summed E-state index contributed by atoms with van der Waals surface area (Å²) in [6, 6.07) is 6.57. The van der Waals surface area contributed by atoms with Gasteiger partial charge in [0.05, 0.1) is 13.7 Å². The van der Waals surface area contributed by atoms with Crippen molar-refractivity contribution in [1.82, 2.24) is 5.32 Å². The molecule has 0 heterocycles. The van der Waals surface area contributed by atoms with Gasteiger partial charge in [-0.1, -0.05) is 26.0 Å². The molecule has 0 aromatic heterocycles. The lowest BCUT2D eigenvalue weighted by Crippen LogP contribution is -2.48. The summed E-state index contributed by atoms with van der Waals surface area (Å²) in [5.74, 6) is -0.168. The maximum absolute atomic E-state index is 11.2. The van der Waals surface area contributed by atoms with Gasteiger partial charge in [0.15, 0.2) is 0 Å². The van der Waals surface area contributed by atoms with E-state index in [1.807, 2.05) is 38.1 Å². The second-order valence-electron chi connectivity index (χ2n) is 5.16. The number of hydrogen-bond donors (Lipinski definition) is 3. The van der Waals surface area contributed by atoms with E-state index in [4.69, 9.17) is 9.84 Å². The first-order valence-corrected chi connectivity index (χ1v) is 6.70. The van der Waals surface area contributed by atoms with Crippen molar-refractivity contribution in [2.45, 2.75) is 32.4 Å². The summed E-state index contributed by atoms with van der Waals surface area (Å²) in [5.41, 5.74) is 1.02. The van der Waals surface area contributed by atoms with E-state index in [0.29, 0.717) is 6.42 Å². The second kappa shape index (κ2) is 7.87. The zero-order valence-electron chi connectivity index (χ0n) is 12.2. The molecule has 3 N–H and O–H groups in total. The van der Waals surface area contributed by atoms with Gasteiger partial charge >= 0.3 is 5.97 Å². The molecule has 1 aromatic rings. The fourth-order valence-electron chi connectivity index (χ4n) is 2.03. The van der Waals surface area contributed by atoms with E-state index in [-0.39, 0.29) is 18.6 Å².